The van der Waals surface area contributed by atoms with Crippen molar-refractivity contribution in [3.8, 4) is 0 Å². The van der Waals surface area contributed by atoms with E-state index in [9.17, 15) is 14.4 Å². The molecule has 5 nitrogen and oxygen atoms in total. The van der Waals surface area contributed by atoms with Gasteiger partial charge >= 0.3 is 5.97 Å². The maximum Gasteiger partial charge on any atom is 0.349 e. The highest BCUT2D eigenvalue weighted by Crippen LogP contribution is 2.24. The number of Topliss-reactive ketones (excluding diaryl/α,β-unsaturated/α-hetero) is 1. The number of hydrogen-bond donors (Lipinski definition) is 1. The molecule has 2 rings (SSSR count). The van der Waals surface area contributed by atoms with E-state index in [1.54, 1.807) is 19.1 Å². The van der Waals surface area contributed by atoms with E-state index in [1.807, 2.05) is 0 Å². The monoisotopic (exact) mass is 337 g/mol. The molecule has 1 aliphatic rings. The minimum Gasteiger partial charge on any atom is -0.448 e. The highest BCUT2D eigenvalue weighted by molar-refractivity contribution is 7.15. The fourth-order valence-corrected chi connectivity index (χ4v) is 3.52. The molecule has 0 aromatic carbocycles. The lowest BCUT2D eigenvalue weighted by molar-refractivity contribution is -0.130. The van der Waals surface area contributed by atoms with E-state index in [2.05, 4.69) is 12.2 Å². The van der Waals surface area contributed by atoms with Crippen molar-refractivity contribution in [2.75, 3.05) is 0 Å². The molecule has 1 aromatic heterocycles. The van der Waals surface area contributed by atoms with Gasteiger partial charge < -0.3 is 10.1 Å². The van der Waals surface area contributed by atoms with E-state index in [0.717, 1.165) is 30.6 Å². The second-order valence-corrected chi connectivity index (χ2v) is 7.23. The number of amides is 1. The third kappa shape index (κ3) is 4.64. The van der Waals surface area contributed by atoms with Crippen LogP contribution in [0.25, 0.3) is 0 Å². The Morgan fingerprint density at radius 1 is 1.22 bits per heavy atom. The third-order valence-electron chi connectivity index (χ3n) is 4.25. The summed E-state index contributed by atoms with van der Waals surface area (Å²) in [7, 11) is 0. The second kappa shape index (κ2) is 7.73. The van der Waals surface area contributed by atoms with Crippen LogP contribution < -0.4 is 5.32 Å². The van der Waals surface area contributed by atoms with Gasteiger partial charge in [0.2, 0.25) is 0 Å². The lowest BCUT2D eigenvalue weighted by Crippen LogP contribution is -2.45. The molecule has 1 N–H and O–H groups in total. The van der Waals surface area contributed by atoms with Crippen molar-refractivity contribution in [3.63, 3.8) is 0 Å². The third-order valence-corrected chi connectivity index (χ3v) is 5.41. The zero-order valence-corrected chi connectivity index (χ0v) is 14.6. The molecule has 1 amide bonds. The highest BCUT2D eigenvalue weighted by Gasteiger charge is 2.26. The largest absolute Gasteiger partial charge is 0.448 e. The van der Waals surface area contributed by atoms with Gasteiger partial charge in [0.15, 0.2) is 11.9 Å². The summed E-state index contributed by atoms with van der Waals surface area (Å²) < 4.78 is 5.22. The van der Waals surface area contributed by atoms with Crippen LogP contribution in [0, 0.1) is 5.92 Å². The molecular weight excluding hydrogens is 314 g/mol. The SMILES string of the molecule is CC(=O)c1ccc(C(=O)OC(C)C(=O)NC2CCCCC2C)s1. The van der Waals surface area contributed by atoms with Gasteiger partial charge in [0.1, 0.15) is 4.88 Å². The van der Waals surface area contributed by atoms with Crippen molar-refractivity contribution in [2.45, 2.75) is 58.6 Å². The lowest BCUT2D eigenvalue weighted by Gasteiger charge is -2.30. The number of thiophene rings is 1. The standard InChI is InChI=1S/C17H23NO4S/c1-10-6-4-5-7-13(10)18-16(20)12(3)22-17(21)15-9-8-14(23-15)11(2)19/h8-10,12-13H,4-7H2,1-3H3,(H,18,20). The number of hydrogen-bond acceptors (Lipinski definition) is 5. The van der Waals surface area contributed by atoms with Crippen LogP contribution in [0.4, 0.5) is 0 Å². The lowest BCUT2D eigenvalue weighted by atomic mass is 9.86. The number of carbonyl (C=O) groups excluding carboxylic acids is 3. The van der Waals surface area contributed by atoms with Gasteiger partial charge in [-0.3, -0.25) is 9.59 Å². The Bertz CT molecular complexity index is 595. The summed E-state index contributed by atoms with van der Waals surface area (Å²) in [6.45, 7) is 5.15. The average molecular weight is 337 g/mol. The van der Waals surface area contributed by atoms with E-state index >= 15 is 0 Å². The number of nitrogens with one attached hydrogen (secondary N) is 1. The van der Waals surface area contributed by atoms with E-state index in [1.165, 1.54) is 13.3 Å². The zero-order valence-electron chi connectivity index (χ0n) is 13.8. The number of rotatable bonds is 5. The fourth-order valence-electron chi connectivity index (χ4n) is 2.74. The Labute approximate surface area is 140 Å². The van der Waals surface area contributed by atoms with Crippen LogP contribution in [0.15, 0.2) is 12.1 Å². The van der Waals surface area contributed by atoms with Crippen molar-refractivity contribution in [2.24, 2.45) is 5.92 Å². The first-order valence-corrected chi connectivity index (χ1v) is 8.82. The molecule has 23 heavy (non-hydrogen) atoms. The maximum atomic E-state index is 12.2. The van der Waals surface area contributed by atoms with Gasteiger partial charge in [-0.15, -0.1) is 11.3 Å². The Kier molecular flexibility index (Phi) is 5.93. The van der Waals surface area contributed by atoms with Crippen LogP contribution in [-0.4, -0.2) is 29.8 Å². The number of carbonyl (C=O) groups is 3. The molecule has 3 unspecified atom stereocenters. The summed E-state index contributed by atoms with van der Waals surface area (Å²) in [4.78, 5) is 36.3. The molecule has 1 fully saturated rings. The minimum absolute atomic E-state index is 0.0915. The summed E-state index contributed by atoms with van der Waals surface area (Å²) in [5.41, 5.74) is 0. The van der Waals surface area contributed by atoms with E-state index < -0.39 is 12.1 Å². The van der Waals surface area contributed by atoms with E-state index in [-0.39, 0.29) is 17.7 Å². The highest BCUT2D eigenvalue weighted by atomic mass is 32.1. The van der Waals surface area contributed by atoms with Gasteiger partial charge in [0.25, 0.3) is 5.91 Å². The van der Waals surface area contributed by atoms with Gasteiger partial charge in [-0.05, 0) is 44.7 Å². The van der Waals surface area contributed by atoms with Crippen molar-refractivity contribution in [1.29, 1.82) is 0 Å². The van der Waals surface area contributed by atoms with Gasteiger partial charge in [0, 0.05) is 6.04 Å². The van der Waals surface area contributed by atoms with E-state index in [0.29, 0.717) is 15.7 Å². The molecule has 0 radical (unpaired) electrons. The first-order chi connectivity index (χ1) is 10.9. The van der Waals surface area contributed by atoms with Crippen LogP contribution in [0.2, 0.25) is 0 Å². The Balaban J connectivity index is 1.89. The molecule has 6 heteroatoms. The molecule has 1 heterocycles. The average Bonchev–Trinajstić information content (AvgIpc) is 2.99. The number of ether oxygens (including phenoxy) is 1. The van der Waals surface area contributed by atoms with Crippen molar-refractivity contribution in [3.05, 3.63) is 21.9 Å². The zero-order chi connectivity index (χ0) is 17.0. The van der Waals surface area contributed by atoms with Crippen LogP contribution >= 0.6 is 11.3 Å². The van der Waals surface area contributed by atoms with Crippen LogP contribution in [-0.2, 0) is 9.53 Å². The maximum absolute atomic E-state index is 12.2. The first kappa shape index (κ1) is 17.7. The van der Waals surface area contributed by atoms with Crippen molar-refractivity contribution in [1.82, 2.24) is 5.32 Å². The topological polar surface area (TPSA) is 72.5 Å². The Morgan fingerprint density at radius 3 is 2.48 bits per heavy atom. The summed E-state index contributed by atoms with van der Waals surface area (Å²) in [6, 6.07) is 3.30. The number of esters is 1. The molecule has 0 saturated heterocycles. The molecule has 3 atom stereocenters. The van der Waals surface area contributed by atoms with Crippen molar-refractivity contribution < 1.29 is 19.1 Å². The van der Waals surface area contributed by atoms with Crippen molar-refractivity contribution >= 4 is 29.0 Å². The predicted octanol–water partition coefficient (Wildman–Crippen LogP) is 3.19. The predicted molar refractivity (Wildman–Crippen MR) is 88.8 cm³/mol. The molecule has 1 saturated carbocycles. The number of ketones is 1. The molecule has 1 aromatic rings. The van der Waals surface area contributed by atoms with Crippen LogP contribution in [0.5, 0.6) is 0 Å². The molecule has 126 valence electrons. The summed E-state index contributed by atoms with van der Waals surface area (Å²) >= 11 is 1.08. The summed E-state index contributed by atoms with van der Waals surface area (Å²) in [6.07, 6.45) is 3.56. The van der Waals surface area contributed by atoms with Gasteiger partial charge in [-0.1, -0.05) is 19.8 Å². The minimum atomic E-state index is -0.848. The van der Waals surface area contributed by atoms with Gasteiger partial charge in [-0.25, -0.2) is 4.79 Å². The summed E-state index contributed by atoms with van der Waals surface area (Å²) in [5.74, 6) is -0.473. The Morgan fingerprint density at radius 2 is 1.87 bits per heavy atom. The second-order valence-electron chi connectivity index (χ2n) is 6.14. The van der Waals surface area contributed by atoms with Gasteiger partial charge in [-0.2, -0.15) is 0 Å². The molecular formula is C17H23NO4S. The smallest absolute Gasteiger partial charge is 0.349 e. The molecule has 0 spiro atoms. The normalized spacial score (nSPS) is 22.2. The first-order valence-electron chi connectivity index (χ1n) is 8.00. The van der Waals surface area contributed by atoms with Crippen LogP contribution in [0.1, 0.15) is 65.8 Å². The van der Waals surface area contributed by atoms with Crippen LogP contribution in [0.3, 0.4) is 0 Å². The van der Waals surface area contributed by atoms with Gasteiger partial charge in [0.05, 0.1) is 4.88 Å². The molecule has 0 bridgehead atoms. The summed E-state index contributed by atoms with van der Waals surface area (Å²) in [5, 5.41) is 2.98. The molecule has 1 aliphatic carbocycles. The fraction of sp³-hybridized carbons (Fsp3) is 0.588. The Hall–Kier alpha value is -1.69. The quantitative estimate of drug-likeness (QED) is 0.661. The van der Waals surface area contributed by atoms with E-state index in [4.69, 9.17) is 4.74 Å². The molecule has 0 aliphatic heterocycles.